The fourth-order valence-electron chi connectivity index (χ4n) is 5.53. The van der Waals surface area contributed by atoms with E-state index in [0.717, 1.165) is 56.3 Å². The standard InChI is InChI=1S/C30H44N8O5/c1-3-4-14-43-29-35-27(32)26-28(36-29)38(30(41)34-26)12-5-6-23-18-37(13-11-22(23)16-31)19-24(39)33-17-21-9-7-20(8-10-21)15-25(40)42-2/h7-10,22-23H,3-6,11-19,31H2,1-2H3,(H,33,39)(H,34,41)(H2,32,35,36). The lowest BCUT2D eigenvalue weighted by molar-refractivity contribution is -0.139. The Morgan fingerprint density at radius 2 is 1.91 bits per heavy atom. The number of imidazole rings is 1. The number of aromatic amines is 1. The van der Waals surface area contributed by atoms with Crippen LogP contribution in [0, 0.1) is 11.8 Å². The van der Waals surface area contributed by atoms with Gasteiger partial charge in [0, 0.05) is 19.6 Å². The number of rotatable bonds is 15. The average Bonchev–Trinajstić information content (AvgIpc) is 3.32. The van der Waals surface area contributed by atoms with E-state index in [1.807, 2.05) is 24.3 Å². The van der Waals surface area contributed by atoms with Gasteiger partial charge in [0.05, 0.1) is 26.7 Å². The van der Waals surface area contributed by atoms with Crippen molar-refractivity contribution < 1.29 is 19.1 Å². The molecule has 1 fully saturated rings. The topological polar surface area (TPSA) is 183 Å². The van der Waals surface area contributed by atoms with E-state index >= 15 is 0 Å². The Balaban J connectivity index is 1.29. The number of nitrogens with one attached hydrogen (secondary N) is 2. The molecule has 1 aliphatic rings. The van der Waals surface area contributed by atoms with E-state index in [0.29, 0.717) is 55.8 Å². The van der Waals surface area contributed by atoms with Crippen molar-refractivity contribution in [2.75, 3.05) is 45.6 Å². The van der Waals surface area contributed by atoms with Gasteiger partial charge in [-0.05, 0) is 61.7 Å². The number of fused-ring (bicyclic) bond motifs is 1. The van der Waals surface area contributed by atoms with Crippen molar-refractivity contribution in [2.45, 2.75) is 58.5 Å². The second-order valence-electron chi connectivity index (χ2n) is 11.1. The number of carbonyl (C=O) groups is 2. The van der Waals surface area contributed by atoms with Crippen LogP contribution >= 0.6 is 0 Å². The quantitative estimate of drug-likeness (QED) is 0.148. The van der Waals surface area contributed by atoms with Crippen molar-refractivity contribution in [3.05, 3.63) is 45.9 Å². The highest BCUT2D eigenvalue weighted by Crippen LogP contribution is 2.27. The lowest BCUT2D eigenvalue weighted by atomic mass is 9.82. The number of aromatic nitrogens is 4. The summed E-state index contributed by atoms with van der Waals surface area (Å²) >= 11 is 0. The van der Waals surface area contributed by atoms with E-state index in [9.17, 15) is 14.4 Å². The molecule has 1 amide bonds. The molecule has 43 heavy (non-hydrogen) atoms. The molecule has 0 radical (unpaired) electrons. The first-order valence-electron chi connectivity index (χ1n) is 15.0. The van der Waals surface area contributed by atoms with Crippen LogP contribution in [-0.2, 0) is 33.8 Å². The molecule has 2 unspecified atom stereocenters. The molecule has 2 atom stereocenters. The summed E-state index contributed by atoms with van der Waals surface area (Å²) in [5.74, 6) is 0.531. The summed E-state index contributed by atoms with van der Waals surface area (Å²) in [6, 6.07) is 7.72. The Kier molecular flexibility index (Phi) is 11.5. The Labute approximate surface area is 251 Å². The van der Waals surface area contributed by atoms with Gasteiger partial charge < -0.3 is 31.2 Å². The number of piperidine rings is 1. The zero-order valence-corrected chi connectivity index (χ0v) is 25.1. The zero-order valence-electron chi connectivity index (χ0n) is 25.1. The van der Waals surface area contributed by atoms with Gasteiger partial charge in [-0.25, -0.2) is 4.79 Å². The highest BCUT2D eigenvalue weighted by molar-refractivity contribution is 5.81. The SMILES string of the molecule is CCCCOc1nc(N)c2[nH]c(=O)n(CCCC3CN(CC(=O)NCc4ccc(CC(=O)OC)cc4)CCC3CN)c2n1. The third kappa shape index (κ3) is 8.77. The van der Waals surface area contributed by atoms with Crippen LogP contribution in [0.5, 0.6) is 6.01 Å². The second-order valence-corrected chi connectivity index (χ2v) is 11.1. The van der Waals surface area contributed by atoms with Crippen LogP contribution in [-0.4, -0.2) is 76.2 Å². The fourth-order valence-corrected chi connectivity index (χ4v) is 5.53. The first-order valence-corrected chi connectivity index (χ1v) is 15.0. The first kappa shape index (κ1) is 32.0. The molecule has 4 rings (SSSR count). The number of hydrogen-bond donors (Lipinski definition) is 4. The molecular weight excluding hydrogens is 552 g/mol. The number of ether oxygens (including phenoxy) is 2. The molecule has 0 saturated carbocycles. The fraction of sp³-hybridized carbons (Fsp3) is 0.567. The summed E-state index contributed by atoms with van der Waals surface area (Å²) in [6.45, 7) is 5.92. The number of H-pyrrole nitrogens is 1. The maximum Gasteiger partial charge on any atom is 0.327 e. The number of nitrogens with zero attached hydrogens (tertiary/aromatic N) is 4. The molecule has 2 aromatic heterocycles. The summed E-state index contributed by atoms with van der Waals surface area (Å²) in [5, 5.41) is 3.00. The zero-order chi connectivity index (χ0) is 30.8. The lowest BCUT2D eigenvalue weighted by Crippen LogP contribution is -2.46. The Morgan fingerprint density at radius 3 is 2.63 bits per heavy atom. The molecule has 1 aromatic carbocycles. The van der Waals surface area contributed by atoms with Gasteiger partial charge in [-0.2, -0.15) is 9.97 Å². The van der Waals surface area contributed by atoms with Gasteiger partial charge in [0.1, 0.15) is 5.52 Å². The van der Waals surface area contributed by atoms with E-state index in [4.69, 9.17) is 20.9 Å². The second kappa shape index (κ2) is 15.5. The normalized spacial score (nSPS) is 17.2. The summed E-state index contributed by atoms with van der Waals surface area (Å²) in [4.78, 5) is 50.5. The van der Waals surface area contributed by atoms with Crippen molar-refractivity contribution in [1.29, 1.82) is 0 Å². The van der Waals surface area contributed by atoms with E-state index in [1.54, 1.807) is 4.57 Å². The molecule has 0 aliphatic carbocycles. The molecule has 13 nitrogen and oxygen atoms in total. The number of methoxy groups -OCH3 is 1. The number of carbonyl (C=O) groups excluding carboxylic acids is 2. The maximum absolute atomic E-state index is 12.8. The number of unbranched alkanes of at least 4 members (excludes halogenated alkanes) is 1. The molecule has 3 aromatic rings. The largest absolute Gasteiger partial charge is 0.469 e. The van der Waals surface area contributed by atoms with Crippen LogP contribution in [0.4, 0.5) is 5.82 Å². The first-order chi connectivity index (χ1) is 20.8. The number of benzene rings is 1. The van der Waals surface area contributed by atoms with Crippen LogP contribution in [0.2, 0.25) is 0 Å². The van der Waals surface area contributed by atoms with E-state index < -0.39 is 0 Å². The molecule has 13 heteroatoms. The highest BCUT2D eigenvalue weighted by atomic mass is 16.5. The number of likely N-dealkylation sites (tertiary alicyclic amines) is 1. The van der Waals surface area contributed by atoms with Gasteiger partial charge in [0.2, 0.25) is 5.91 Å². The minimum Gasteiger partial charge on any atom is -0.469 e. The summed E-state index contributed by atoms with van der Waals surface area (Å²) in [7, 11) is 1.37. The molecule has 0 bridgehead atoms. The number of anilines is 1. The Morgan fingerprint density at radius 1 is 1.14 bits per heavy atom. The molecular formula is C30H44N8O5. The van der Waals surface area contributed by atoms with Gasteiger partial charge in [-0.15, -0.1) is 0 Å². The van der Waals surface area contributed by atoms with Crippen molar-refractivity contribution in [2.24, 2.45) is 17.6 Å². The van der Waals surface area contributed by atoms with Crippen molar-refractivity contribution >= 4 is 28.9 Å². The molecule has 234 valence electrons. The van der Waals surface area contributed by atoms with Gasteiger partial charge in [0.25, 0.3) is 0 Å². The average molecular weight is 597 g/mol. The minimum atomic E-state index is -0.286. The van der Waals surface area contributed by atoms with Crippen LogP contribution < -0.4 is 27.2 Å². The Bertz CT molecular complexity index is 1420. The summed E-state index contributed by atoms with van der Waals surface area (Å²) in [5.41, 5.74) is 14.6. The number of nitrogen functional groups attached to an aromatic ring is 1. The summed E-state index contributed by atoms with van der Waals surface area (Å²) < 4.78 is 11.9. The number of nitrogens with two attached hydrogens (primary N) is 2. The van der Waals surface area contributed by atoms with Crippen LogP contribution in [0.3, 0.4) is 0 Å². The van der Waals surface area contributed by atoms with E-state index in [-0.39, 0.29) is 35.8 Å². The number of amides is 1. The van der Waals surface area contributed by atoms with Crippen molar-refractivity contribution in [3.63, 3.8) is 0 Å². The predicted molar refractivity (Wildman–Crippen MR) is 163 cm³/mol. The Hall–Kier alpha value is -3.97. The van der Waals surface area contributed by atoms with Crippen LogP contribution in [0.1, 0.15) is 50.2 Å². The highest BCUT2D eigenvalue weighted by Gasteiger charge is 2.29. The summed E-state index contributed by atoms with van der Waals surface area (Å²) in [6.07, 6.45) is 4.60. The minimum absolute atomic E-state index is 0.0387. The monoisotopic (exact) mass is 596 g/mol. The van der Waals surface area contributed by atoms with E-state index in [2.05, 4.69) is 32.1 Å². The number of aryl methyl sites for hydroxylation is 1. The molecule has 3 heterocycles. The number of esters is 1. The smallest absolute Gasteiger partial charge is 0.327 e. The molecule has 6 N–H and O–H groups in total. The number of hydrogen-bond acceptors (Lipinski definition) is 10. The van der Waals surface area contributed by atoms with Gasteiger partial charge in [-0.1, -0.05) is 37.6 Å². The van der Waals surface area contributed by atoms with Gasteiger partial charge >= 0.3 is 17.7 Å². The molecule has 1 aliphatic heterocycles. The van der Waals surface area contributed by atoms with Crippen LogP contribution in [0.25, 0.3) is 11.2 Å². The molecule has 1 saturated heterocycles. The van der Waals surface area contributed by atoms with Crippen molar-refractivity contribution in [3.8, 4) is 6.01 Å². The third-order valence-electron chi connectivity index (χ3n) is 8.05. The molecule has 0 spiro atoms. The predicted octanol–water partition coefficient (Wildman–Crippen LogP) is 1.59. The van der Waals surface area contributed by atoms with E-state index in [1.165, 1.54) is 7.11 Å². The third-order valence-corrected chi connectivity index (χ3v) is 8.05. The van der Waals surface area contributed by atoms with Gasteiger partial charge in [-0.3, -0.25) is 19.1 Å². The lowest BCUT2D eigenvalue weighted by Gasteiger charge is -2.38. The van der Waals surface area contributed by atoms with Crippen molar-refractivity contribution in [1.82, 2.24) is 29.7 Å². The van der Waals surface area contributed by atoms with Crippen LogP contribution in [0.15, 0.2) is 29.1 Å². The maximum atomic E-state index is 12.8. The van der Waals surface area contributed by atoms with Gasteiger partial charge in [0.15, 0.2) is 11.5 Å².